The quantitative estimate of drug-likeness (QED) is 0.888. The Labute approximate surface area is 130 Å². The smallest absolute Gasteiger partial charge is 0.128 e. The number of hydrogen-bond acceptors (Lipinski definition) is 3. The van der Waals surface area contributed by atoms with Crippen molar-refractivity contribution in [2.24, 2.45) is 5.41 Å². The molecule has 1 aliphatic carbocycles. The molecule has 0 aliphatic heterocycles. The second kappa shape index (κ2) is 6.78. The molecule has 1 fully saturated rings. The van der Waals surface area contributed by atoms with E-state index in [0.29, 0.717) is 17.5 Å². The first-order chi connectivity index (χ1) is 9.87. The van der Waals surface area contributed by atoms with Gasteiger partial charge >= 0.3 is 0 Å². The van der Waals surface area contributed by atoms with E-state index in [1.807, 2.05) is 6.20 Å². The van der Waals surface area contributed by atoms with Crippen molar-refractivity contribution in [3.05, 3.63) is 23.9 Å². The van der Waals surface area contributed by atoms with Gasteiger partial charge < -0.3 is 10.2 Å². The molecule has 0 bridgehead atoms. The summed E-state index contributed by atoms with van der Waals surface area (Å²) in [6.45, 7) is 10.0. The Hall–Kier alpha value is -1.09. The van der Waals surface area contributed by atoms with E-state index in [9.17, 15) is 0 Å². The molecular formula is C18H31N3. The molecule has 0 aromatic carbocycles. The standard InChI is InChI=1S/C18H31N3/c1-14(2)19-12-15-6-7-17(20-13-15)21(5)16-8-10-18(3,4)11-9-16/h6-7,13-14,16,19H,8-12H2,1-5H3. The first kappa shape index (κ1) is 16.3. The molecule has 1 aromatic heterocycles. The molecule has 21 heavy (non-hydrogen) atoms. The lowest BCUT2D eigenvalue weighted by atomic mass is 9.75. The highest BCUT2D eigenvalue weighted by Crippen LogP contribution is 2.37. The molecule has 1 saturated carbocycles. The molecule has 2 rings (SSSR count). The normalized spacial score (nSPS) is 19.0. The number of nitrogens with zero attached hydrogens (tertiary/aromatic N) is 2. The predicted molar refractivity (Wildman–Crippen MR) is 90.7 cm³/mol. The fourth-order valence-corrected chi connectivity index (χ4v) is 3.01. The van der Waals surface area contributed by atoms with Gasteiger partial charge in [-0.15, -0.1) is 0 Å². The van der Waals surface area contributed by atoms with Gasteiger partial charge in [0.25, 0.3) is 0 Å². The first-order valence-electron chi connectivity index (χ1n) is 8.28. The van der Waals surface area contributed by atoms with Crippen molar-refractivity contribution < 1.29 is 0 Å². The number of rotatable bonds is 5. The van der Waals surface area contributed by atoms with Crippen molar-refractivity contribution in [1.82, 2.24) is 10.3 Å². The number of hydrogen-bond donors (Lipinski definition) is 1. The van der Waals surface area contributed by atoms with E-state index >= 15 is 0 Å². The molecule has 3 heteroatoms. The second-order valence-corrected chi connectivity index (χ2v) is 7.57. The molecular weight excluding hydrogens is 258 g/mol. The van der Waals surface area contributed by atoms with Crippen LogP contribution in [0.15, 0.2) is 18.3 Å². The summed E-state index contributed by atoms with van der Waals surface area (Å²) in [5, 5.41) is 3.43. The Morgan fingerprint density at radius 3 is 2.48 bits per heavy atom. The van der Waals surface area contributed by atoms with E-state index in [0.717, 1.165) is 12.4 Å². The van der Waals surface area contributed by atoms with Crippen LogP contribution in [0.5, 0.6) is 0 Å². The zero-order chi connectivity index (χ0) is 15.5. The van der Waals surface area contributed by atoms with Gasteiger partial charge in [-0.2, -0.15) is 0 Å². The zero-order valence-electron chi connectivity index (χ0n) is 14.3. The topological polar surface area (TPSA) is 28.2 Å². The maximum atomic E-state index is 4.65. The molecule has 0 radical (unpaired) electrons. The van der Waals surface area contributed by atoms with E-state index in [1.54, 1.807) is 0 Å². The second-order valence-electron chi connectivity index (χ2n) is 7.57. The van der Waals surface area contributed by atoms with Gasteiger partial charge in [-0.25, -0.2) is 4.98 Å². The SMILES string of the molecule is CC(C)NCc1ccc(N(C)C2CCC(C)(C)CC2)nc1. The average molecular weight is 289 g/mol. The summed E-state index contributed by atoms with van der Waals surface area (Å²) < 4.78 is 0. The van der Waals surface area contributed by atoms with Crippen molar-refractivity contribution in [2.45, 2.75) is 72.0 Å². The average Bonchev–Trinajstić information content (AvgIpc) is 2.45. The molecule has 0 atom stereocenters. The fourth-order valence-electron chi connectivity index (χ4n) is 3.01. The van der Waals surface area contributed by atoms with E-state index in [1.165, 1.54) is 31.2 Å². The van der Waals surface area contributed by atoms with Gasteiger partial charge in [-0.1, -0.05) is 33.8 Å². The van der Waals surface area contributed by atoms with Crippen LogP contribution in [0.4, 0.5) is 5.82 Å². The van der Waals surface area contributed by atoms with Gasteiger partial charge in [0, 0.05) is 31.9 Å². The summed E-state index contributed by atoms with van der Waals surface area (Å²) in [5.74, 6) is 1.10. The fraction of sp³-hybridized carbons (Fsp3) is 0.722. The van der Waals surface area contributed by atoms with Gasteiger partial charge in [-0.05, 0) is 42.7 Å². The molecule has 0 spiro atoms. The lowest BCUT2D eigenvalue weighted by molar-refractivity contribution is 0.222. The van der Waals surface area contributed by atoms with Gasteiger partial charge in [-0.3, -0.25) is 0 Å². The van der Waals surface area contributed by atoms with Crippen molar-refractivity contribution in [3.8, 4) is 0 Å². The maximum Gasteiger partial charge on any atom is 0.128 e. The van der Waals surface area contributed by atoms with Crippen LogP contribution >= 0.6 is 0 Å². The highest BCUT2D eigenvalue weighted by molar-refractivity contribution is 5.39. The summed E-state index contributed by atoms with van der Waals surface area (Å²) in [5.41, 5.74) is 1.78. The van der Waals surface area contributed by atoms with Crippen molar-refractivity contribution in [2.75, 3.05) is 11.9 Å². The van der Waals surface area contributed by atoms with Gasteiger partial charge in [0.05, 0.1) is 0 Å². The Balaban J connectivity index is 1.92. The van der Waals surface area contributed by atoms with E-state index in [4.69, 9.17) is 0 Å². The molecule has 118 valence electrons. The monoisotopic (exact) mass is 289 g/mol. The third-order valence-electron chi connectivity index (χ3n) is 4.74. The highest BCUT2D eigenvalue weighted by atomic mass is 15.2. The molecule has 1 N–H and O–H groups in total. The van der Waals surface area contributed by atoms with Crippen molar-refractivity contribution in [3.63, 3.8) is 0 Å². The molecule has 0 saturated heterocycles. The van der Waals surface area contributed by atoms with Crippen molar-refractivity contribution >= 4 is 5.82 Å². The Bertz CT molecular complexity index is 426. The largest absolute Gasteiger partial charge is 0.357 e. The summed E-state index contributed by atoms with van der Waals surface area (Å²) in [4.78, 5) is 7.02. The summed E-state index contributed by atoms with van der Waals surface area (Å²) in [6.07, 6.45) is 7.20. The molecule has 0 amide bonds. The molecule has 1 heterocycles. The van der Waals surface area contributed by atoms with Gasteiger partial charge in [0.2, 0.25) is 0 Å². The Kier molecular flexibility index (Phi) is 5.26. The van der Waals surface area contributed by atoms with Crippen LogP contribution in [-0.2, 0) is 6.54 Å². The number of nitrogens with one attached hydrogen (secondary N) is 1. The summed E-state index contributed by atoms with van der Waals surface area (Å²) >= 11 is 0. The van der Waals surface area contributed by atoms with Crippen LogP contribution in [0.1, 0.15) is 58.9 Å². The lowest BCUT2D eigenvalue weighted by Gasteiger charge is -2.39. The predicted octanol–water partition coefficient (Wildman–Crippen LogP) is 3.98. The highest BCUT2D eigenvalue weighted by Gasteiger charge is 2.29. The van der Waals surface area contributed by atoms with Crippen LogP contribution in [0.25, 0.3) is 0 Å². The van der Waals surface area contributed by atoms with Gasteiger partial charge in [0.15, 0.2) is 0 Å². The van der Waals surface area contributed by atoms with Crippen molar-refractivity contribution in [1.29, 1.82) is 0 Å². The molecule has 1 aliphatic rings. The maximum absolute atomic E-state index is 4.65. The third kappa shape index (κ3) is 4.70. The van der Waals surface area contributed by atoms with Crippen LogP contribution in [0, 0.1) is 5.41 Å². The molecule has 3 nitrogen and oxygen atoms in total. The minimum Gasteiger partial charge on any atom is -0.357 e. The zero-order valence-corrected chi connectivity index (χ0v) is 14.3. The number of pyridine rings is 1. The molecule has 0 unspecified atom stereocenters. The summed E-state index contributed by atoms with van der Waals surface area (Å²) in [6, 6.07) is 5.51. The van der Waals surface area contributed by atoms with Crippen LogP contribution < -0.4 is 10.2 Å². The number of aromatic nitrogens is 1. The van der Waals surface area contributed by atoms with E-state index in [2.05, 4.69) is 62.1 Å². The number of anilines is 1. The Morgan fingerprint density at radius 1 is 1.29 bits per heavy atom. The lowest BCUT2D eigenvalue weighted by Crippen LogP contribution is -2.37. The van der Waals surface area contributed by atoms with E-state index < -0.39 is 0 Å². The third-order valence-corrected chi connectivity index (χ3v) is 4.74. The van der Waals surface area contributed by atoms with Gasteiger partial charge in [0.1, 0.15) is 5.82 Å². The minimum atomic E-state index is 0.512. The minimum absolute atomic E-state index is 0.512. The molecule has 1 aromatic rings. The van der Waals surface area contributed by atoms with Crippen LogP contribution in [0.2, 0.25) is 0 Å². The summed E-state index contributed by atoms with van der Waals surface area (Å²) in [7, 11) is 2.19. The first-order valence-corrected chi connectivity index (χ1v) is 8.28. The van der Waals surface area contributed by atoms with Crippen LogP contribution in [0.3, 0.4) is 0 Å². The van der Waals surface area contributed by atoms with E-state index in [-0.39, 0.29) is 0 Å². The Morgan fingerprint density at radius 2 is 1.95 bits per heavy atom. The van der Waals surface area contributed by atoms with Crippen LogP contribution in [-0.4, -0.2) is 24.1 Å².